The van der Waals surface area contributed by atoms with E-state index in [0.29, 0.717) is 24.0 Å². The zero-order valence-electron chi connectivity index (χ0n) is 21.6. The fourth-order valence-corrected chi connectivity index (χ4v) is 5.07. The maximum absolute atomic E-state index is 12.6. The molecule has 1 aliphatic carbocycles. The van der Waals surface area contributed by atoms with E-state index in [1.807, 2.05) is 19.1 Å². The van der Waals surface area contributed by atoms with Gasteiger partial charge in [-0.3, -0.25) is 0 Å². The van der Waals surface area contributed by atoms with Crippen LogP contribution in [0.2, 0.25) is 0 Å². The van der Waals surface area contributed by atoms with Crippen molar-refractivity contribution in [1.82, 2.24) is 4.90 Å². The van der Waals surface area contributed by atoms with E-state index in [0.717, 1.165) is 68.9 Å². The Morgan fingerprint density at radius 3 is 2.68 bits per heavy atom. The molecule has 1 aromatic rings. The second-order valence-corrected chi connectivity index (χ2v) is 10.3. The van der Waals surface area contributed by atoms with Crippen LogP contribution in [0.5, 0.6) is 11.5 Å². The number of phenolic OH excluding ortho intramolecular Hbond substituents is 1. The van der Waals surface area contributed by atoms with Crippen molar-refractivity contribution in [3.63, 3.8) is 0 Å². The highest BCUT2D eigenvalue weighted by atomic mass is 16.7. The van der Waals surface area contributed by atoms with Crippen LogP contribution in [0.4, 0.5) is 4.79 Å². The van der Waals surface area contributed by atoms with Gasteiger partial charge in [-0.2, -0.15) is 0 Å². The molecule has 4 atom stereocenters. The Hall–Kier alpha value is -2.27. The monoisotopic (exact) mass is 469 g/mol. The number of hydrogen-bond acceptors (Lipinski definition) is 5. The Balaban J connectivity index is 1.75. The number of rotatable bonds is 12. The van der Waals surface area contributed by atoms with Crippen molar-refractivity contribution in [2.45, 2.75) is 90.5 Å². The van der Waals surface area contributed by atoms with Gasteiger partial charge in [-0.25, -0.2) is 4.79 Å². The van der Waals surface area contributed by atoms with Crippen LogP contribution in [0, 0.1) is 5.92 Å². The Kier molecular flexibility index (Phi) is 9.63. The number of unbranched alkanes of at least 4 members (excludes halogenated alkanes) is 3. The average molecular weight is 470 g/mol. The van der Waals surface area contributed by atoms with Crippen LogP contribution < -0.4 is 4.74 Å². The number of carbonyl (C=O) groups is 1. The number of carbonyl (C=O) groups excluding carboxylic acids is 1. The molecule has 0 bridgehead atoms. The molecule has 34 heavy (non-hydrogen) atoms. The first-order chi connectivity index (χ1) is 16.3. The Morgan fingerprint density at radius 2 is 2.00 bits per heavy atom. The molecule has 1 fully saturated rings. The number of ether oxygens (including phenoxy) is 2. The lowest BCUT2D eigenvalue weighted by Gasteiger charge is -2.32. The SMILES string of the molecule is C=C(C)[C@@H]1CCC(C)=C[C@H]1c1c(O)cc(CCCCC)cc1OC(=O)OCCCCC1CN1C. The standard InChI is InChI=1S/C29H43NO4/c1-6-7-8-11-22-17-26(31)28(25-16-21(4)13-14-24(25)20(2)3)27(18-22)34-29(32)33-15-10-9-12-23-19-30(23)5/h16-18,23-25,31H,2,6-15,19H2,1,3-5H3/t23?,24-,25+,30?/m0/s1. The highest BCUT2D eigenvalue weighted by Crippen LogP contribution is 2.47. The maximum atomic E-state index is 12.6. The number of aromatic hydroxyl groups is 1. The molecule has 3 rings (SSSR count). The minimum atomic E-state index is -0.696. The molecular formula is C29H43NO4. The Morgan fingerprint density at radius 1 is 1.24 bits per heavy atom. The fraction of sp³-hybridized carbons (Fsp3) is 0.621. The van der Waals surface area contributed by atoms with Crippen molar-refractivity contribution >= 4 is 6.16 Å². The number of likely N-dealkylation sites (N-methyl/N-ethyl adjacent to an activating group) is 1. The van der Waals surface area contributed by atoms with E-state index in [-0.39, 0.29) is 17.6 Å². The predicted molar refractivity (Wildman–Crippen MR) is 138 cm³/mol. The predicted octanol–water partition coefficient (Wildman–Crippen LogP) is 7.14. The van der Waals surface area contributed by atoms with Crippen LogP contribution in [-0.2, 0) is 11.2 Å². The van der Waals surface area contributed by atoms with E-state index in [4.69, 9.17) is 9.47 Å². The summed E-state index contributed by atoms with van der Waals surface area (Å²) in [5.41, 5.74) is 4.01. The molecule has 1 heterocycles. The maximum Gasteiger partial charge on any atom is 0.513 e. The van der Waals surface area contributed by atoms with Gasteiger partial charge in [0.05, 0.1) is 6.61 Å². The first-order valence-corrected chi connectivity index (χ1v) is 13.0. The van der Waals surface area contributed by atoms with Gasteiger partial charge in [-0.1, -0.05) is 43.6 Å². The molecule has 0 aromatic heterocycles. The lowest BCUT2D eigenvalue weighted by Crippen LogP contribution is -2.19. The summed E-state index contributed by atoms with van der Waals surface area (Å²) in [7, 11) is 2.13. The summed E-state index contributed by atoms with van der Waals surface area (Å²) in [6.45, 7) is 12.0. The van der Waals surface area contributed by atoms with Crippen LogP contribution in [0.25, 0.3) is 0 Å². The minimum Gasteiger partial charge on any atom is -0.507 e. The number of aryl methyl sites for hydroxylation is 1. The van der Waals surface area contributed by atoms with E-state index >= 15 is 0 Å². The van der Waals surface area contributed by atoms with Gasteiger partial charge < -0.3 is 19.5 Å². The summed E-state index contributed by atoms with van der Waals surface area (Å²) < 4.78 is 11.2. The number of allylic oxidation sites excluding steroid dienone is 3. The summed E-state index contributed by atoms with van der Waals surface area (Å²) in [4.78, 5) is 14.9. The van der Waals surface area contributed by atoms with E-state index < -0.39 is 6.16 Å². The molecule has 0 radical (unpaired) electrons. The van der Waals surface area contributed by atoms with E-state index in [1.54, 1.807) is 0 Å². The van der Waals surface area contributed by atoms with Crippen molar-refractivity contribution in [3.05, 3.63) is 47.1 Å². The molecule has 188 valence electrons. The number of hydrogen-bond donors (Lipinski definition) is 1. The third-order valence-corrected chi connectivity index (χ3v) is 7.30. The third-order valence-electron chi connectivity index (χ3n) is 7.30. The second-order valence-electron chi connectivity index (χ2n) is 10.3. The molecule has 0 spiro atoms. The van der Waals surface area contributed by atoms with Crippen molar-refractivity contribution in [1.29, 1.82) is 0 Å². The zero-order chi connectivity index (χ0) is 24.7. The zero-order valence-corrected chi connectivity index (χ0v) is 21.6. The van der Waals surface area contributed by atoms with Crippen molar-refractivity contribution in [3.8, 4) is 11.5 Å². The van der Waals surface area contributed by atoms with Gasteiger partial charge in [0.25, 0.3) is 0 Å². The van der Waals surface area contributed by atoms with E-state index in [9.17, 15) is 9.90 Å². The molecule has 1 aliphatic heterocycles. The molecule has 2 unspecified atom stereocenters. The van der Waals surface area contributed by atoms with Crippen LogP contribution in [0.3, 0.4) is 0 Å². The molecule has 5 nitrogen and oxygen atoms in total. The largest absolute Gasteiger partial charge is 0.513 e. The molecule has 1 aromatic carbocycles. The first-order valence-electron chi connectivity index (χ1n) is 13.0. The van der Waals surface area contributed by atoms with Gasteiger partial charge in [0.15, 0.2) is 0 Å². The van der Waals surface area contributed by atoms with Gasteiger partial charge in [0.1, 0.15) is 11.5 Å². The molecule has 5 heteroatoms. The molecule has 1 N–H and O–H groups in total. The molecule has 0 amide bonds. The molecule has 1 saturated heterocycles. The third kappa shape index (κ3) is 7.36. The summed E-state index contributed by atoms with van der Waals surface area (Å²) >= 11 is 0. The van der Waals surface area contributed by atoms with Gasteiger partial charge >= 0.3 is 6.16 Å². The first kappa shape index (κ1) is 26.3. The molecule has 0 saturated carbocycles. The molecular weight excluding hydrogens is 426 g/mol. The smallest absolute Gasteiger partial charge is 0.507 e. The van der Waals surface area contributed by atoms with Crippen molar-refractivity contribution in [2.75, 3.05) is 20.2 Å². The second kappa shape index (κ2) is 12.4. The summed E-state index contributed by atoms with van der Waals surface area (Å²) in [6.07, 6.45) is 10.6. The van der Waals surface area contributed by atoms with Crippen LogP contribution in [-0.4, -0.2) is 42.4 Å². The van der Waals surface area contributed by atoms with Gasteiger partial charge in [-0.05, 0) is 89.5 Å². The Labute approximate surface area is 205 Å². The van der Waals surface area contributed by atoms with Crippen LogP contribution >= 0.6 is 0 Å². The van der Waals surface area contributed by atoms with Crippen LogP contribution in [0.1, 0.15) is 89.2 Å². The van der Waals surface area contributed by atoms with E-state index in [1.165, 1.54) is 12.1 Å². The lowest BCUT2D eigenvalue weighted by molar-refractivity contribution is 0.0966. The summed E-state index contributed by atoms with van der Waals surface area (Å²) in [6, 6.07) is 4.45. The average Bonchev–Trinajstić information content (AvgIpc) is 3.48. The number of phenols is 1. The minimum absolute atomic E-state index is 0.0747. The number of nitrogens with zero attached hydrogens (tertiary/aromatic N) is 1. The topological polar surface area (TPSA) is 58.8 Å². The highest BCUT2D eigenvalue weighted by Gasteiger charge is 2.31. The fourth-order valence-electron chi connectivity index (χ4n) is 5.07. The van der Waals surface area contributed by atoms with Crippen LogP contribution in [0.15, 0.2) is 35.9 Å². The Bertz CT molecular complexity index is 890. The molecule has 2 aliphatic rings. The van der Waals surface area contributed by atoms with Crippen molar-refractivity contribution < 1.29 is 19.4 Å². The summed E-state index contributed by atoms with van der Waals surface area (Å²) in [5.74, 6) is 0.722. The van der Waals surface area contributed by atoms with Gasteiger partial charge in [0, 0.05) is 24.1 Å². The quantitative estimate of drug-likeness (QED) is 0.116. The van der Waals surface area contributed by atoms with Gasteiger partial charge in [0.2, 0.25) is 0 Å². The number of benzene rings is 1. The van der Waals surface area contributed by atoms with E-state index in [2.05, 4.69) is 38.5 Å². The normalized spacial score (nSPS) is 23.8. The summed E-state index contributed by atoms with van der Waals surface area (Å²) in [5, 5.41) is 11.1. The van der Waals surface area contributed by atoms with Gasteiger partial charge in [-0.15, -0.1) is 0 Å². The van der Waals surface area contributed by atoms with Crippen molar-refractivity contribution in [2.24, 2.45) is 5.92 Å². The highest BCUT2D eigenvalue weighted by molar-refractivity contribution is 5.66. The lowest BCUT2D eigenvalue weighted by atomic mass is 9.73.